The normalized spacial score (nSPS) is 12.8. The quantitative estimate of drug-likeness (QED) is 0.797. The zero-order valence-corrected chi connectivity index (χ0v) is 11.7. The molecule has 0 aromatic heterocycles. The number of carbonyl (C=O) groups excluding carboxylic acids is 1. The van der Waals surface area contributed by atoms with Gasteiger partial charge in [-0.25, -0.2) is 0 Å². The lowest BCUT2D eigenvalue weighted by Gasteiger charge is -2.07. The Balaban J connectivity index is 1.91. The Labute approximate surface area is 122 Å². The summed E-state index contributed by atoms with van der Waals surface area (Å²) < 4.78 is 0. The molecule has 0 atom stereocenters. The van der Waals surface area contributed by atoms with E-state index in [-0.39, 0.29) is 0 Å². The fourth-order valence-corrected chi connectivity index (χ4v) is 3.48. The molecule has 0 radical (unpaired) electrons. The van der Waals surface area contributed by atoms with Crippen molar-refractivity contribution in [3.63, 3.8) is 0 Å². The van der Waals surface area contributed by atoms with Crippen LogP contribution in [0.5, 0.6) is 0 Å². The third-order valence-electron chi connectivity index (χ3n) is 3.56. The number of aldehydes is 1. The van der Waals surface area contributed by atoms with E-state index in [1.807, 2.05) is 6.07 Å². The van der Waals surface area contributed by atoms with Crippen LogP contribution in [0.3, 0.4) is 0 Å². The monoisotopic (exact) mass is 279 g/mol. The van der Waals surface area contributed by atoms with Crippen molar-refractivity contribution in [2.24, 2.45) is 0 Å². The van der Waals surface area contributed by atoms with E-state index in [9.17, 15) is 10.1 Å². The summed E-state index contributed by atoms with van der Waals surface area (Å²) in [4.78, 5) is 12.8. The Morgan fingerprint density at radius 3 is 2.75 bits per heavy atom. The number of benzene rings is 2. The van der Waals surface area contributed by atoms with Crippen LogP contribution in [0.15, 0.2) is 46.2 Å². The molecule has 0 aliphatic heterocycles. The summed E-state index contributed by atoms with van der Waals surface area (Å²) in [7, 11) is 0. The molecule has 3 heteroatoms. The van der Waals surface area contributed by atoms with E-state index >= 15 is 0 Å². The largest absolute Gasteiger partial charge is 0.298 e. The molecule has 1 aliphatic rings. The molecule has 0 heterocycles. The van der Waals surface area contributed by atoms with Crippen molar-refractivity contribution in [3.8, 4) is 6.07 Å². The lowest BCUT2D eigenvalue weighted by molar-refractivity contribution is 0.112. The molecule has 0 amide bonds. The minimum atomic E-state index is 0.542. The lowest BCUT2D eigenvalue weighted by atomic mass is 10.1. The molecule has 2 aromatic carbocycles. The van der Waals surface area contributed by atoms with Gasteiger partial charge in [-0.2, -0.15) is 5.26 Å². The summed E-state index contributed by atoms with van der Waals surface area (Å²) in [6.07, 6.45) is 4.34. The van der Waals surface area contributed by atoms with Crippen LogP contribution in [-0.4, -0.2) is 6.29 Å². The van der Waals surface area contributed by atoms with Crippen molar-refractivity contribution >= 4 is 18.0 Å². The molecule has 3 rings (SSSR count). The van der Waals surface area contributed by atoms with Crippen LogP contribution in [0.25, 0.3) is 0 Å². The van der Waals surface area contributed by atoms with E-state index in [0.29, 0.717) is 11.1 Å². The third-order valence-corrected chi connectivity index (χ3v) is 4.62. The van der Waals surface area contributed by atoms with Crippen molar-refractivity contribution in [1.29, 1.82) is 5.26 Å². The van der Waals surface area contributed by atoms with Gasteiger partial charge in [-0.3, -0.25) is 4.79 Å². The van der Waals surface area contributed by atoms with Crippen LogP contribution in [0.1, 0.15) is 33.5 Å². The zero-order valence-electron chi connectivity index (χ0n) is 10.9. The number of aryl methyl sites for hydroxylation is 2. The first-order chi connectivity index (χ1) is 9.80. The first-order valence-electron chi connectivity index (χ1n) is 6.59. The van der Waals surface area contributed by atoms with Crippen LogP contribution in [-0.2, 0) is 12.8 Å². The molecule has 2 aromatic rings. The van der Waals surface area contributed by atoms with Crippen LogP contribution in [0.4, 0.5) is 0 Å². The van der Waals surface area contributed by atoms with Gasteiger partial charge in [0.25, 0.3) is 0 Å². The van der Waals surface area contributed by atoms with Gasteiger partial charge in [0.2, 0.25) is 0 Å². The van der Waals surface area contributed by atoms with E-state index in [2.05, 4.69) is 24.3 Å². The summed E-state index contributed by atoms with van der Waals surface area (Å²) in [5, 5.41) is 9.19. The summed E-state index contributed by atoms with van der Waals surface area (Å²) in [6, 6.07) is 13.9. The molecule has 20 heavy (non-hydrogen) atoms. The minimum Gasteiger partial charge on any atom is -0.298 e. The van der Waals surface area contributed by atoms with Gasteiger partial charge in [-0.05, 0) is 54.7 Å². The Bertz CT molecular complexity index is 715. The number of fused-ring (bicyclic) bond motifs is 1. The topological polar surface area (TPSA) is 40.9 Å². The third kappa shape index (κ3) is 2.48. The maximum Gasteiger partial charge on any atom is 0.150 e. The highest BCUT2D eigenvalue weighted by atomic mass is 32.2. The van der Waals surface area contributed by atoms with E-state index in [1.165, 1.54) is 24.0 Å². The summed E-state index contributed by atoms with van der Waals surface area (Å²) in [6.45, 7) is 0. The Morgan fingerprint density at radius 2 is 1.95 bits per heavy atom. The molecule has 2 nitrogen and oxygen atoms in total. The second-order valence-corrected chi connectivity index (χ2v) is 5.99. The van der Waals surface area contributed by atoms with E-state index in [4.69, 9.17) is 0 Å². The van der Waals surface area contributed by atoms with E-state index < -0.39 is 0 Å². The summed E-state index contributed by atoms with van der Waals surface area (Å²) in [5.74, 6) is 0. The number of rotatable bonds is 3. The van der Waals surface area contributed by atoms with Gasteiger partial charge in [0.05, 0.1) is 5.56 Å². The minimum absolute atomic E-state index is 0.542. The fraction of sp³-hybridized carbons (Fsp3) is 0.176. The second-order valence-electron chi connectivity index (χ2n) is 4.87. The van der Waals surface area contributed by atoms with Crippen molar-refractivity contribution in [3.05, 3.63) is 58.7 Å². The molecule has 0 bridgehead atoms. The van der Waals surface area contributed by atoms with Crippen LogP contribution in [0, 0.1) is 11.3 Å². The van der Waals surface area contributed by atoms with Gasteiger partial charge in [-0.15, -0.1) is 0 Å². The predicted molar refractivity (Wildman–Crippen MR) is 79.1 cm³/mol. The van der Waals surface area contributed by atoms with Gasteiger partial charge >= 0.3 is 0 Å². The van der Waals surface area contributed by atoms with Crippen molar-refractivity contribution in [1.82, 2.24) is 0 Å². The van der Waals surface area contributed by atoms with E-state index in [0.717, 1.165) is 22.5 Å². The molecular weight excluding hydrogens is 266 g/mol. The van der Waals surface area contributed by atoms with Gasteiger partial charge in [0.1, 0.15) is 12.4 Å². The summed E-state index contributed by atoms with van der Waals surface area (Å²) in [5.41, 5.74) is 3.98. The fourth-order valence-electron chi connectivity index (χ4n) is 2.54. The highest BCUT2D eigenvalue weighted by Gasteiger charge is 2.12. The van der Waals surface area contributed by atoms with Crippen molar-refractivity contribution in [2.75, 3.05) is 0 Å². The number of nitriles is 1. The highest BCUT2D eigenvalue weighted by Crippen LogP contribution is 2.33. The molecule has 98 valence electrons. The molecule has 0 saturated carbocycles. The maximum absolute atomic E-state index is 10.8. The van der Waals surface area contributed by atoms with Gasteiger partial charge < -0.3 is 0 Å². The number of hydrogen-bond acceptors (Lipinski definition) is 3. The van der Waals surface area contributed by atoms with E-state index in [1.54, 1.807) is 23.9 Å². The molecule has 1 aliphatic carbocycles. The molecule has 0 N–H and O–H groups in total. The van der Waals surface area contributed by atoms with Gasteiger partial charge in [0, 0.05) is 15.4 Å². The summed E-state index contributed by atoms with van der Waals surface area (Å²) >= 11 is 1.59. The average Bonchev–Trinajstić information content (AvgIpc) is 2.95. The predicted octanol–water partition coefficient (Wildman–Crippen LogP) is 4.01. The molecule has 0 spiro atoms. The Kier molecular flexibility index (Phi) is 3.58. The number of carbonyl (C=O) groups is 1. The zero-order chi connectivity index (χ0) is 13.9. The number of hydrogen-bond donors (Lipinski definition) is 0. The molecule has 0 fully saturated rings. The molecular formula is C17H13NOS. The smallest absolute Gasteiger partial charge is 0.150 e. The van der Waals surface area contributed by atoms with Crippen molar-refractivity contribution in [2.45, 2.75) is 29.1 Å². The van der Waals surface area contributed by atoms with Crippen LogP contribution >= 0.6 is 11.8 Å². The number of nitrogens with zero attached hydrogens (tertiary/aromatic N) is 1. The highest BCUT2D eigenvalue weighted by molar-refractivity contribution is 7.99. The first kappa shape index (κ1) is 13.0. The van der Waals surface area contributed by atoms with Crippen molar-refractivity contribution < 1.29 is 4.79 Å². The lowest BCUT2D eigenvalue weighted by Crippen LogP contribution is -1.87. The van der Waals surface area contributed by atoms with Crippen LogP contribution < -0.4 is 0 Å². The average molecular weight is 279 g/mol. The Hall–Kier alpha value is -2.05. The van der Waals surface area contributed by atoms with Gasteiger partial charge in [0.15, 0.2) is 0 Å². The van der Waals surface area contributed by atoms with Crippen LogP contribution in [0.2, 0.25) is 0 Å². The first-order valence-corrected chi connectivity index (χ1v) is 7.41. The van der Waals surface area contributed by atoms with Gasteiger partial charge in [-0.1, -0.05) is 23.9 Å². The molecule has 0 saturated heterocycles. The molecule has 0 unspecified atom stereocenters. The standard InChI is InChI=1S/C17H13NOS/c18-10-15-8-12(11-19)4-7-17(15)20-16-6-5-13-2-1-3-14(13)9-16/h4-9,11H,1-3H2. The second kappa shape index (κ2) is 5.52. The maximum atomic E-state index is 10.8. The SMILES string of the molecule is N#Cc1cc(C=O)ccc1Sc1ccc2c(c1)CCC2. The Morgan fingerprint density at radius 1 is 1.10 bits per heavy atom.